The highest BCUT2D eigenvalue weighted by Crippen LogP contribution is 2.23. The van der Waals surface area contributed by atoms with Crippen LogP contribution in [0.15, 0.2) is 87.5 Å². The molecule has 0 spiro atoms. The summed E-state index contributed by atoms with van der Waals surface area (Å²) >= 11 is 3.39. The van der Waals surface area contributed by atoms with Gasteiger partial charge < -0.3 is 9.47 Å². The lowest BCUT2D eigenvalue weighted by molar-refractivity contribution is 0.0734. The standard InChI is InChI=1S/C27H29BrN2O3/c1-2-3-4-5-6-7-20-32-25-16-8-21(9-17-25)27(31)33-26-18-14-24(15-19-26)30-29-23-12-10-22(28)11-13-23/h8-19H,2-7,20H2,1H3. The van der Waals surface area contributed by atoms with Crippen LogP contribution in [0.5, 0.6) is 11.5 Å². The highest BCUT2D eigenvalue weighted by Gasteiger charge is 2.09. The molecule has 5 nitrogen and oxygen atoms in total. The number of rotatable bonds is 12. The van der Waals surface area contributed by atoms with Crippen LogP contribution in [0.4, 0.5) is 11.4 Å². The molecule has 0 aliphatic heterocycles. The van der Waals surface area contributed by atoms with E-state index in [1.165, 1.54) is 32.1 Å². The van der Waals surface area contributed by atoms with Crippen LogP contribution in [-0.2, 0) is 0 Å². The van der Waals surface area contributed by atoms with E-state index in [1.54, 1.807) is 48.5 Å². The maximum absolute atomic E-state index is 12.4. The Kier molecular flexibility index (Phi) is 10.1. The molecule has 3 rings (SSSR count). The number of carbonyl (C=O) groups excluding carboxylic acids is 1. The lowest BCUT2D eigenvalue weighted by Crippen LogP contribution is -2.08. The molecule has 0 amide bonds. The molecule has 0 saturated carbocycles. The summed E-state index contributed by atoms with van der Waals surface area (Å²) in [5.74, 6) is 0.799. The van der Waals surface area contributed by atoms with Gasteiger partial charge in [-0.3, -0.25) is 0 Å². The van der Waals surface area contributed by atoms with Crippen LogP contribution in [-0.4, -0.2) is 12.6 Å². The predicted molar refractivity (Wildman–Crippen MR) is 135 cm³/mol. The van der Waals surface area contributed by atoms with E-state index in [0.717, 1.165) is 22.3 Å². The fourth-order valence-corrected chi connectivity index (χ4v) is 3.39. The zero-order chi connectivity index (χ0) is 23.3. The van der Waals surface area contributed by atoms with E-state index in [4.69, 9.17) is 9.47 Å². The number of benzene rings is 3. The fraction of sp³-hybridized carbons (Fsp3) is 0.296. The van der Waals surface area contributed by atoms with Crippen molar-refractivity contribution in [3.05, 3.63) is 82.8 Å². The third-order valence-corrected chi connectivity index (χ3v) is 5.54. The molecule has 0 aromatic heterocycles. The lowest BCUT2D eigenvalue weighted by atomic mass is 10.1. The number of hydrogen-bond acceptors (Lipinski definition) is 5. The topological polar surface area (TPSA) is 60.2 Å². The summed E-state index contributed by atoms with van der Waals surface area (Å²) in [4.78, 5) is 12.4. The summed E-state index contributed by atoms with van der Waals surface area (Å²) in [5.41, 5.74) is 1.90. The Morgan fingerprint density at radius 3 is 1.91 bits per heavy atom. The van der Waals surface area contributed by atoms with Crippen molar-refractivity contribution in [3.8, 4) is 11.5 Å². The van der Waals surface area contributed by atoms with Crippen molar-refractivity contribution in [3.63, 3.8) is 0 Å². The molecule has 0 fully saturated rings. The van der Waals surface area contributed by atoms with Crippen molar-refractivity contribution in [2.45, 2.75) is 45.4 Å². The van der Waals surface area contributed by atoms with Gasteiger partial charge in [-0.15, -0.1) is 0 Å². The highest BCUT2D eigenvalue weighted by atomic mass is 79.9. The number of hydrogen-bond donors (Lipinski definition) is 0. The van der Waals surface area contributed by atoms with Gasteiger partial charge in [0.1, 0.15) is 11.5 Å². The first-order valence-electron chi connectivity index (χ1n) is 11.4. The van der Waals surface area contributed by atoms with Crippen LogP contribution < -0.4 is 9.47 Å². The van der Waals surface area contributed by atoms with Gasteiger partial charge in [0, 0.05) is 4.47 Å². The van der Waals surface area contributed by atoms with Crippen LogP contribution in [0, 0.1) is 0 Å². The molecule has 0 radical (unpaired) electrons. The molecular formula is C27H29BrN2O3. The smallest absolute Gasteiger partial charge is 0.343 e. The van der Waals surface area contributed by atoms with Crippen LogP contribution >= 0.6 is 15.9 Å². The van der Waals surface area contributed by atoms with E-state index in [-0.39, 0.29) is 0 Å². The molecular weight excluding hydrogens is 480 g/mol. The minimum Gasteiger partial charge on any atom is -0.494 e. The van der Waals surface area contributed by atoms with Gasteiger partial charge in [0.2, 0.25) is 0 Å². The monoisotopic (exact) mass is 508 g/mol. The number of esters is 1. The molecule has 0 bridgehead atoms. The molecule has 33 heavy (non-hydrogen) atoms. The number of ether oxygens (including phenoxy) is 2. The van der Waals surface area contributed by atoms with Crippen LogP contribution in [0.1, 0.15) is 55.8 Å². The molecule has 3 aromatic carbocycles. The Morgan fingerprint density at radius 2 is 1.27 bits per heavy atom. The summed E-state index contributed by atoms with van der Waals surface area (Å²) in [5, 5.41) is 8.39. The summed E-state index contributed by atoms with van der Waals surface area (Å²) in [6.45, 7) is 2.92. The maximum Gasteiger partial charge on any atom is 0.343 e. The first-order chi connectivity index (χ1) is 16.1. The average molecular weight is 509 g/mol. The number of carbonyl (C=O) groups is 1. The summed E-state index contributed by atoms with van der Waals surface area (Å²) in [6.07, 6.45) is 7.36. The summed E-state index contributed by atoms with van der Waals surface area (Å²) in [7, 11) is 0. The summed E-state index contributed by atoms with van der Waals surface area (Å²) < 4.78 is 12.2. The minimum atomic E-state index is -0.415. The lowest BCUT2D eigenvalue weighted by Gasteiger charge is -2.08. The van der Waals surface area contributed by atoms with Gasteiger partial charge in [0.25, 0.3) is 0 Å². The van der Waals surface area contributed by atoms with E-state index in [1.807, 2.05) is 24.3 Å². The molecule has 0 N–H and O–H groups in total. The summed E-state index contributed by atoms with van der Waals surface area (Å²) in [6, 6.07) is 21.5. The normalized spacial score (nSPS) is 11.0. The molecule has 3 aromatic rings. The predicted octanol–water partition coefficient (Wildman–Crippen LogP) is 8.82. The van der Waals surface area contributed by atoms with Crippen molar-refractivity contribution >= 4 is 33.3 Å². The van der Waals surface area contributed by atoms with E-state index >= 15 is 0 Å². The third kappa shape index (κ3) is 8.81. The quantitative estimate of drug-likeness (QED) is 0.106. The molecule has 0 heterocycles. The fourth-order valence-electron chi connectivity index (χ4n) is 3.13. The number of halogens is 1. The zero-order valence-corrected chi connectivity index (χ0v) is 20.5. The van der Waals surface area contributed by atoms with Gasteiger partial charge in [-0.1, -0.05) is 55.0 Å². The number of nitrogens with zero attached hydrogens (tertiary/aromatic N) is 2. The molecule has 0 aliphatic carbocycles. The second-order valence-electron chi connectivity index (χ2n) is 7.70. The first-order valence-corrected chi connectivity index (χ1v) is 12.2. The molecule has 0 unspecified atom stereocenters. The largest absolute Gasteiger partial charge is 0.494 e. The molecule has 172 valence electrons. The van der Waals surface area contributed by atoms with Crippen molar-refractivity contribution in [2.75, 3.05) is 6.61 Å². The molecule has 0 saturated heterocycles. The van der Waals surface area contributed by atoms with E-state index in [2.05, 4.69) is 33.1 Å². The van der Waals surface area contributed by atoms with Crippen LogP contribution in [0.2, 0.25) is 0 Å². The molecule has 0 atom stereocenters. The van der Waals surface area contributed by atoms with Gasteiger partial charge in [-0.25, -0.2) is 4.79 Å². The number of azo groups is 1. The van der Waals surface area contributed by atoms with Crippen molar-refractivity contribution in [2.24, 2.45) is 10.2 Å². The Bertz CT molecular complexity index is 1020. The number of unbranched alkanes of at least 4 members (excludes halogenated alkanes) is 5. The maximum atomic E-state index is 12.4. The second-order valence-corrected chi connectivity index (χ2v) is 8.62. The van der Waals surface area contributed by atoms with Gasteiger partial charge in [0.15, 0.2) is 0 Å². The van der Waals surface area contributed by atoms with Gasteiger partial charge in [0.05, 0.1) is 23.5 Å². The Morgan fingerprint density at radius 1 is 0.727 bits per heavy atom. The van der Waals surface area contributed by atoms with Gasteiger partial charge >= 0.3 is 5.97 Å². The first kappa shape index (κ1) is 24.6. The molecule has 0 aliphatic rings. The van der Waals surface area contributed by atoms with Crippen molar-refractivity contribution in [1.29, 1.82) is 0 Å². The Hall–Kier alpha value is -2.99. The van der Waals surface area contributed by atoms with Gasteiger partial charge in [-0.2, -0.15) is 10.2 Å². The minimum absolute atomic E-state index is 0.415. The average Bonchev–Trinajstić information content (AvgIpc) is 2.84. The Balaban J connectivity index is 1.44. The SMILES string of the molecule is CCCCCCCCOc1ccc(C(=O)Oc2ccc(N=Nc3ccc(Br)cc3)cc2)cc1. The van der Waals surface area contributed by atoms with E-state index < -0.39 is 5.97 Å². The van der Waals surface area contributed by atoms with Crippen LogP contribution in [0.25, 0.3) is 0 Å². The van der Waals surface area contributed by atoms with E-state index in [0.29, 0.717) is 23.6 Å². The Labute approximate surface area is 204 Å². The van der Waals surface area contributed by atoms with Crippen LogP contribution in [0.3, 0.4) is 0 Å². The zero-order valence-electron chi connectivity index (χ0n) is 18.9. The van der Waals surface area contributed by atoms with Crippen molar-refractivity contribution in [1.82, 2.24) is 0 Å². The van der Waals surface area contributed by atoms with Crippen molar-refractivity contribution < 1.29 is 14.3 Å². The molecule has 6 heteroatoms. The van der Waals surface area contributed by atoms with E-state index in [9.17, 15) is 4.79 Å². The second kappa shape index (κ2) is 13.5. The highest BCUT2D eigenvalue weighted by molar-refractivity contribution is 9.10. The third-order valence-electron chi connectivity index (χ3n) is 5.01. The van der Waals surface area contributed by atoms with Gasteiger partial charge in [-0.05, 0) is 79.2 Å².